The summed E-state index contributed by atoms with van der Waals surface area (Å²) in [5.74, 6) is -2.42. The predicted molar refractivity (Wildman–Crippen MR) is 95.8 cm³/mol. The molecule has 0 bridgehead atoms. The van der Waals surface area contributed by atoms with Crippen molar-refractivity contribution in [3.05, 3.63) is 29.8 Å². The highest BCUT2D eigenvalue weighted by Gasteiger charge is 2.31. The maximum absolute atomic E-state index is 13.8. The lowest BCUT2D eigenvalue weighted by molar-refractivity contribution is -0.140. The molecule has 0 aromatic heterocycles. The number of methoxy groups -OCH3 is 1. The van der Waals surface area contributed by atoms with Gasteiger partial charge in [-0.1, -0.05) is 0 Å². The van der Waals surface area contributed by atoms with Crippen molar-refractivity contribution < 1.29 is 31.5 Å². The van der Waals surface area contributed by atoms with Crippen LogP contribution in [0.25, 0.3) is 0 Å². The van der Waals surface area contributed by atoms with Crippen LogP contribution < -0.4 is 5.32 Å². The van der Waals surface area contributed by atoms with Gasteiger partial charge in [0.2, 0.25) is 15.9 Å². The number of piperazine rings is 1. The van der Waals surface area contributed by atoms with Gasteiger partial charge in [0.1, 0.15) is 16.5 Å². The zero-order valence-corrected chi connectivity index (χ0v) is 16.3. The molecular formula is C17H23F2N3O5S. The summed E-state index contributed by atoms with van der Waals surface area (Å²) in [4.78, 5) is 24.0. The molecule has 1 aliphatic rings. The second kappa shape index (κ2) is 9.89. The summed E-state index contributed by atoms with van der Waals surface area (Å²) < 4.78 is 57.8. The Morgan fingerprint density at radius 3 is 2.50 bits per heavy atom. The van der Waals surface area contributed by atoms with Crippen LogP contribution >= 0.6 is 0 Å². The van der Waals surface area contributed by atoms with Crippen molar-refractivity contribution >= 4 is 21.9 Å². The highest BCUT2D eigenvalue weighted by molar-refractivity contribution is 7.89. The van der Waals surface area contributed by atoms with Crippen LogP contribution in [-0.4, -0.2) is 75.9 Å². The number of nitrogens with one attached hydrogen (secondary N) is 1. The largest absolute Gasteiger partial charge is 0.469 e. The second-order valence-corrected chi connectivity index (χ2v) is 8.19. The number of benzene rings is 1. The zero-order chi connectivity index (χ0) is 20.7. The minimum Gasteiger partial charge on any atom is -0.469 e. The Labute approximate surface area is 162 Å². The van der Waals surface area contributed by atoms with Crippen LogP contribution in [0.5, 0.6) is 0 Å². The number of hydrogen-bond acceptors (Lipinski definition) is 6. The van der Waals surface area contributed by atoms with E-state index in [1.54, 1.807) is 4.90 Å². The van der Waals surface area contributed by atoms with Gasteiger partial charge in [-0.15, -0.1) is 0 Å². The van der Waals surface area contributed by atoms with E-state index in [1.807, 2.05) is 0 Å². The molecule has 1 amide bonds. The molecule has 1 heterocycles. The number of carbonyl (C=O) groups excluding carboxylic acids is 2. The molecular weight excluding hydrogens is 396 g/mol. The number of sulfonamides is 1. The minimum absolute atomic E-state index is 0.0634. The van der Waals surface area contributed by atoms with Gasteiger partial charge in [0.15, 0.2) is 0 Å². The third-order valence-electron chi connectivity index (χ3n) is 4.32. The lowest BCUT2D eigenvalue weighted by atomic mass is 10.3. The Morgan fingerprint density at radius 1 is 1.18 bits per heavy atom. The first-order chi connectivity index (χ1) is 13.2. The summed E-state index contributed by atoms with van der Waals surface area (Å²) in [6, 6.07) is 2.30. The van der Waals surface area contributed by atoms with Gasteiger partial charge in [0, 0.05) is 39.1 Å². The summed E-state index contributed by atoms with van der Waals surface area (Å²) in [6.45, 7) is 1.11. The smallest absolute Gasteiger partial charge is 0.305 e. The van der Waals surface area contributed by atoms with Crippen LogP contribution in [0.3, 0.4) is 0 Å². The molecule has 156 valence electrons. The quantitative estimate of drug-likeness (QED) is 0.482. The van der Waals surface area contributed by atoms with E-state index in [2.05, 4.69) is 10.1 Å². The molecule has 0 radical (unpaired) electrons. The van der Waals surface area contributed by atoms with Crippen LogP contribution in [0.4, 0.5) is 8.78 Å². The average molecular weight is 419 g/mol. The van der Waals surface area contributed by atoms with Gasteiger partial charge in [0.05, 0.1) is 13.7 Å². The molecule has 1 aromatic rings. The van der Waals surface area contributed by atoms with Crippen molar-refractivity contribution in [1.82, 2.24) is 14.5 Å². The zero-order valence-electron chi connectivity index (χ0n) is 15.5. The molecule has 1 aliphatic heterocycles. The van der Waals surface area contributed by atoms with Crippen molar-refractivity contribution in [2.45, 2.75) is 17.7 Å². The first-order valence-electron chi connectivity index (χ1n) is 8.75. The fraction of sp³-hybridized carbons (Fsp3) is 0.529. The third-order valence-corrected chi connectivity index (χ3v) is 6.23. The topological polar surface area (TPSA) is 96.0 Å². The van der Waals surface area contributed by atoms with Crippen LogP contribution in [0.15, 0.2) is 23.1 Å². The number of carbonyl (C=O) groups is 2. The van der Waals surface area contributed by atoms with Gasteiger partial charge >= 0.3 is 5.97 Å². The standard InChI is InChI=1S/C17H23F2N3O5S/c1-27-17(24)3-2-6-20-16(23)12-21-7-9-22(10-8-21)28(25,26)15-11-13(18)4-5-14(15)19/h4-5,11H,2-3,6-10,12H2,1H3,(H,20,23). The number of hydrogen-bond donors (Lipinski definition) is 1. The lowest BCUT2D eigenvalue weighted by Gasteiger charge is -2.33. The molecule has 2 rings (SSSR count). The second-order valence-electron chi connectivity index (χ2n) is 6.28. The number of amides is 1. The van der Waals surface area contributed by atoms with Crippen molar-refractivity contribution in [3.8, 4) is 0 Å². The number of rotatable bonds is 8. The van der Waals surface area contributed by atoms with E-state index >= 15 is 0 Å². The summed E-state index contributed by atoms with van der Waals surface area (Å²) in [5, 5.41) is 2.68. The number of halogens is 2. The van der Waals surface area contributed by atoms with E-state index < -0.39 is 26.6 Å². The Morgan fingerprint density at radius 2 is 1.86 bits per heavy atom. The Kier molecular flexibility index (Phi) is 7.84. The van der Waals surface area contributed by atoms with Gasteiger partial charge in [-0.3, -0.25) is 14.5 Å². The molecule has 11 heteroatoms. The molecule has 0 aliphatic carbocycles. The highest BCUT2D eigenvalue weighted by Crippen LogP contribution is 2.21. The van der Waals surface area contributed by atoms with Crippen molar-refractivity contribution in [1.29, 1.82) is 0 Å². The maximum atomic E-state index is 13.8. The van der Waals surface area contributed by atoms with Crippen molar-refractivity contribution in [2.75, 3.05) is 46.4 Å². The van der Waals surface area contributed by atoms with E-state index in [0.717, 1.165) is 16.4 Å². The fourth-order valence-electron chi connectivity index (χ4n) is 2.76. The number of esters is 1. The van der Waals surface area contributed by atoms with Crippen LogP contribution in [-0.2, 0) is 24.3 Å². The Bertz CT molecular complexity index is 811. The molecule has 1 fully saturated rings. The fourth-order valence-corrected chi connectivity index (χ4v) is 4.26. The van der Waals surface area contributed by atoms with E-state index in [1.165, 1.54) is 7.11 Å². The van der Waals surface area contributed by atoms with Gasteiger partial charge in [0.25, 0.3) is 0 Å². The summed E-state index contributed by atoms with van der Waals surface area (Å²) in [7, 11) is -2.85. The first kappa shape index (κ1) is 22.2. The van der Waals surface area contributed by atoms with Gasteiger partial charge in [-0.25, -0.2) is 17.2 Å². The Balaban J connectivity index is 1.81. The van der Waals surface area contributed by atoms with Crippen LogP contribution in [0.1, 0.15) is 12.8 Å². The molecule has 1 N–H and O–H groups in total. The van der Waals surface area contributed by atoms with Crippen LogP contribution in [0, 0.1) is 11.6 Å². The minimum atomic E-state index is -4.15. The molecule has 28 heavy (non-hydrogen) atoms. The predicted octanol–water partition coefficient (Wildman–Crippen LogP) is 0.341. The molecule has 1 saturated heterocycles. The maximum Gasteiger partial charge on any atom is 0.305 e. The van der Waals surface area contributed by atoms with Crippen molar-refractivity contribution in [3.63, 3.8) is 0 Å². The van der Waals surface area contributed by atoms with E-state index in [4.69, 9.17) is 0 Å². The molecule has 8 nitrogen and oxygen atoms in total. The van der Waals surface area contributed by atoms with Crippen LogP contribution in [0.2, 0.25) is 0 Å². The van der Waals surface area contributed by atoms with Gasteiger partial charge in [-0.2, -0.15) is 4.31 Å². The van der Waals surface area contributed by atoms with Gasteiger partial charge < -0.3 is 10.1 Å². The molecule has 0 unspecified atom stereocenters. The SMILES string of the molecule is COC(=O)CCCNC(=O)CN1CCN(S(=O)(=O)c2cc(F)ccc2F)CC1. The lowest BCUT2D eigenvalue weighted by Crippen LogP contribution is -2.51. The van der Waals surface area contributed by atoms with E-state index in [0.29, 0.717) is 19.0 Å². The number of nitrogens with zero attached hydrogens (tertiary/aromatic N) is 2. The summed E-state index contributed by atoms with van der Waals surface area (Å²) in [6.07, 6.45) is 0.674. The molecule has 0 spiro atoms. The van der Waals surface area contributed by atoms with E-state index in [9.17, 15) is 26.8 Å². The molecule has 0 saturated carbocycles. The Hall–Kier alpha value is -2.11. The van der Waals surface area contributed by atoms with Crippen molar-refractivity contribution in [2.24, 2.45) is 0 Å². The summed E-state index contributed by atoms with van der Waals surface area (Å²) in [5.41, 5.74) is 0. The summed E-state index contributed by atoms with van der Waals surface area (Å²) >= 11 is 0. The highest BCUT2D eigenvalue weighted by atomic mass is 32.2. The molecule has 0 atom stereocenters. The number of ether oxygens (including phenoxy) is 1. The monoisotopic (exact) mass is 419 g/mol. The molecule has 1 aromatic carbocycles. The first-order valence-corrected chi connectivity index (χ1v) is 10.2. The van der Waals surface area contributed by atoms with Gasteiger partial charge in [-0.05, 0) is 24.6 Å². The third kappa shape index (κ3) is 5.94. The van der Waals surface area contributed by atoms with E-state index in [-0.39, 0.29) is 51.0 Å². The average Bonchev–Trinajstić information content (AvgIpc) is 2.67. The normalized spacial score (nSPS) is 16.0.